The minimum absolute atomic E-state index is 0.0198. The lowest BCUT2D eigenvalue weighted by atomic mass is 9.99. The predicted molar refractivity (Wildman–Crippen MR) is 80.2 cm³/mol. The highest BCUT2D eigenvalue weighted by atomic mass is 16.6. The van der Waals surface area contributed by atoms with Crippen molar-refractivity contribution < 1.29 is 23.8 Å². The number of benzene rings is 1. The molecule has 0 bridgehead atoms. The van der Waals surface area contributed by atoms with Gasteiger partial charge in [0.05, 0.1) is 7.11 Å². The lowest BCUT2D eigenvalue weighted by molar-refractivity contribution is -0.144. The van der Waals surface area contributed by atoms with E-state index in [1.807, 2.05) is 13.8 Å². The maximum Gasteiger partial charge on any atom is 0.328 e. The van der Waals surface area contributed by atoms with Crippen LogP contribution in [0.2, 0.25) is 0 Å². The molecule has 6 nitrogen and oxygen atoms in total. The molecular formula is C16H21NO5. The molecule has 0 fully saturated rings. The first kappa shape index (κ1) is 16.1. The number of rotatable bonds is 5. The summed E-state index contributed by atoms with van der Waals surface area (Å²) >= 11 is 0. The van der Waals surface area contributed by atoms with Gasteiger partial charge in [-0.05, 0) is 24.1 Å². The largest absolute Gasteiger partial charge is 0.486 e. The van der Waals surface area contributed by atoms with Crippen LogP contribution in [-0.2, 0) is 9.53 Å². The Labute approximate surface area is 129 Å². The maximum atomic E-state index is 12.4. The second-order valence-corrected chi connectivity index (χ2v) is 5.22. The lowest BCUT2D eigenvalue weighted by Crippen LogP contribution is -2.45. The third kappa shape index (κ3) is 3.50. The highest BCUT2D eigenvalue weighted by Crippen LogP contribution is 2.30. The average Bonchev–Trinajstić information content (AvgIpc) is 2.57. The van der Waals surface area contributed by atoms with Crippen molar-refractivity contribution in [3.63, 3.8) is 0 Å². The molecule has 0 saturated carbocycles. The van der Waals surface area contributed by atoms with Crippen molar-refractivity contribution >= 4 is 11.9 Å². The predicted octanol–water partition coefficient (Wildman–Crippen LogP) is 1.78. The van der Waals surface area contributed by atoms with Crippen LogP contribution in [0.1, 0.15) is 30.6 Å². The van der Waals surface area contributed by atoms with E-state index in [9.17, 15) is 9.59 Å². The third-order valence-corrected chi connectivity index (χ3v) is 3.76. The van der Waals surface area contributed by atoms with Crippen molar-refractivity contribution in [2.45, 2.75) is 26.3 Å². The molecule has 120 valence electrons. The van der Waals surface area contributed by atoms with E-state index in [1.54, 1.807) is 18.2 Å². The molecule has 1 aromatic rings. The fourth-order valence-electron chi connectivity index (χ4n) is 2.21. The SMILES string of the molecule is CC[C@@H](C)[C@H](NC(=O)c1ccc2c(c1)OCCO2)C(=O)OC. The minimum atomic E-state index is -0.671. The summed E-state index contributed by atoms with van der Waals surface area (Å²) in [6, 6.07) is 4.29. The molecule has 1 amide bonds. The van der Waals surface area contributed by atoms with Gasteiger partial charge in [0, 0.05) is 5.56 Å². The molecule has 6 heteroatoms. The van der Waals surface area contributed by atoms with E-state index in [2.05, 4.69) is 5.32 Å². The van der Waals surface area contributed by atoms with E-state index < -0.39 is 12.0 Å². The molecule has 0 unspecified atom stereocenters. The van der Waals surface area contributed by atoms with Gasteiger partial charge in [0.2, 0.25) is 0 Å². The van der Waals surface area contributed by atoms with Crippen molar-refractivity contribution in [1.29, 1.82) is 0 Å². The summed E-state index contributed by atoms with van der Waals surface area (Å²) in [4.78, 5) is 24.2. The van der Waals surface area contributed by atoms with Crippen LogP contribution in [0.5, 0.6) is 11.5 Å². The van der Waals surface area contributed by atoms with Gasteiger partial charge in [-0.15, -0.1) is 0 Å². The smallest absolute Gasteiger partial charge is 0.328 e. The van der Waals surface area contributed by atoms with Crippen LogP contribution in [0.4, 0.5) is 0 Å². The molecule has 0 aliphatic carbocycles. The van der Waals surface area contributed by atoms with Gasteiger partial charge in [0.1, 0.15) is 19.3 Å². The average molecular weight is 307 g/mol. The number of carbonyl (C=O) groups excluding carboxylic acids is 2. The lowest BCUT2D eigenvalue weighted by Gasteiger charge is -2.22. The Hall–Kier alpha value is -2.24. The van der Waals surface area contributed by atoms with Crippen LogP contribution >= 0.6 is 0 Å². The van der Waals surface area contributed by atoms with Gasteiger partial charge in [-0.3, -0.25) is 4.79 Å². The highest BCUT2D eigenvalue weighted by Gasteiger charge is 2.27. The van der Waals surface area contributed by atoms with Crippen molar-refractivity contribution in [3.05, 3.63) is 23.8 Å². The number of hydrogen-bond donors (Lipinski definition) is 1. The molecule has 1 aliphatic heterocycles. The van der Waals surface area contributed by atoms with Crippen LogP contribution in [-0.4, -0.2) is 38.2 Å². The van der Waals surface area contributed by atoms with Crippen molar-refractivity contribution in [1.82, 2.24) is 5.32 Å². The molecule has 1 heterocycles. The van der Waals surface area contributed by atoms with Gasteiger partial charge in [-0.1, -0.05) is 20.3 Å². The number of amides is 1. The number of hydrogen-bond acceptors (Lipinski definition) is 5. The first-order valence-electron chi connectivity index (χ1n) is 7.35. The zero-order valence-electron chi connectivity index (χ0n) is 13.0. The summed E-state index contributed by atoms with van der Waals surface area (Å²) in [6.45, 7) is 4.80. The van der Waals surface area contributed by atoms with Gasteiger partial charge in [0.15, 0.2) is 11.5 Å². The summed E-state index contributed by atoms with van der Waals surface area (Å²) in [5.74, 6) is 0.354. The van der Waals surface area contributed by atoms with Crippen LogP contribution in [0.25, 0.3) is 0 Å². The van der Waals surface area contributed by atoms with Crippen molar-refractivity contribution in [2.24, 2.45) is 5.92 Å². The summed E-state index contributed by atoms with van der Waals surface area (Å²) < 4.78 is 15.6. The number of ether oxygens (including phenoxy) is 3. The standard InChI is InChI=1S/C16H21NO5/c1-4-10(2)14(16(19)20-3)17-15(18)11-5-6-12-13(9-11)22-8-7-21-12/h5-6,9-10,14H,4,7-8H2,1-3H3,(H,17,18)/t10-,14+/m1/s1. The van der Waals surface area contributed by atoms with Crippen molar-refractivity contribution in [2.75, 3.05) is 20.3 Å². The molecule has 22 heavy (non-hydrogen) atoms. The quantitative estimate of drug-likeness (QED) is 0.839. The van der Waals surface area contributed by atoms with E-state index in [1.165, 1.54) is 7.11 Å². The fourth-order valence-corrected chi connectivity index (χ4v) is 2.21. The van der Waals surface area contributed by atoms with Crippen LogP contribution in [0.15, 0.2) is 18.2 Å². The Morgan fingerprint density at radius 2 is 1.95 bits per heavy atom. The summed E-state index contributed by atoms with van der Waals surface area (Å²) in [5, 5.41) is 2.73. The Kier molecular flexibility index (Phi) is 5.25. The van der Waals surface area contributed by atoms with Crippen LogP contribution in [0.3, 0.4) is 0 Å². The van der Waals surface area contributed by atoms with E-state index in [0.29, 0.717) is 30.3 Å². The molecule has 0 saturated heterocycles. The number of fused-ring (bicyclic) bond motifs is 1. The Bertz CT molecular complexity index is 557. The second kappa shape index (κ2) is 7.15. The molecule has 2 rings (SSSR count). The van der Waals surface area contributed by atoms with Crippen molar-refractivity contribution in [3.8, 4) is 11.5 Å². The molecule has 0 aromatic heterocycles. The fraction of sp³-hybridized carbons (Fsp3) is 0.500. The number of methoxy groups -OCH3 is 1. The Morgan fingerprint density at radius 1 is 1.27 bits per heavy atom. The molecule has 1 aliphatic rings. The van der Waals surface area contributed by atoms with E-state index in [-0.39, 0.29) is 11.8 Å². The summed E-state index contributed by atoms with van der Waals surface area (Å²) in [7, 11) is 1.31. The van der Waals surface area contributed by atoms with Crippen LogP contribution in [0, 0.1) is 5.92 Å². The van der Waals surface area contributed by atoms with E-state index in [0.717, 1.165) is 6.42 Å². The Balaban J connectivity index is 2.14. The zero-order chi connectivity index (χ0) is 16.1. The molecule has 0 radical (unpaired) electrons. The molecule has 1 aromatic carbocycles. The first-order chi connectivity index (χ1) is 10.6. The molecular weight excluding hydrogens is 286 g/mol. The topological polar surface area (TPSA) is 73.9 Å². The van der Waals surface area contributed by atoms with Gasteiger partial charge < -0.3 is 19.5 Å². The van der Waals surface area contributed by atoms with Gasteiger partial charge in [-0.2, -0.15) is 0 Å². The second-order valence-electron chi connectivity index (χ2n) is 5.22. The minimum Gasteiger partial charge on any atom is -0.486 e. The Morgan fingerprint density at radius 3 is 2.59 bits per heavy atom. The zero-order valence-corrected chi connectivity index (χ0v) is 13.0. The third-order valence-electron chi connectivity index (χ3n) is 3.76. The van der Waals surface area contributed by atoms with Gasteiger partial charge >= 0.3 is 5.97 Å². The number of nitrogens with one attached hydrogen (secondary N) is 1. The number of carbonyl (C=O) groups is 2. The van der Waals surface area contributed by atoms with Gasteiger partial charge in [0.25, 0.3) is 5.91 Å². The molecule has 2 atom stereocenters. The molecule has 0 spiro atoms. The van der Waals surface area contributed by atoms with Gasteiger partial charge in [-0.25, -0.2) is 4.79 Å². The van der Waals surface area contributed by atoms with Crippen LogP contribution < -0.4 is 14.8 Å². The van der Waals surface area contributed by atoms with E-state index >= 15 is 0 Å². The highest BCUT2D eigenvalue weighted by molar-refractivity contribution is 5.97. The van der Waals surface area contributed by atoms with E-state index in [4.69, 9.17) is 14.2 Å². The summed E-state index contributed by atoms with van der Waals surface area (Å²) in [6.07, 6.45) is 0.751. The maximum absolute atomic E-state index is 12.4. The normalized spacial score (nSPS) is 15.6. The molecule has 1 N–H and O–H groups in total. The summed E-state index contributed by atoms with van der Waals surface area (Å²) in [5.41, 5.74) is 0.418. The number of esters is 1. The first-order valence-corrected chi connectivity index (χ1v) is 7.35. The monoisotopic (exact) mass is 307 g/mol.